The van der Waals surface area contributed by atoms with Gasteiger partial charge in [0, 0.05) is 24.6 Å². The number of hydrogen-bond acceptors (Lipinski definition) is 5. The molecule has 4 heterocycles. The molecular weight excluding hydrogens is 320 g/mol. The summed E-state index contributed by atoms with van der Waals surface area (Å²) in [6.07, 6.45) is 6.77. The van der Waals surface area contributed by atoms with E-state index in [0.717, 1.165) is 30.6 Å². The molecule has 6 heteroatoms. The summed E-state index contributed by atoms with van der Waals surface area (Å²) in [5.74, 6) is 0.340. The normalized spacial score (nSPS) is 25.8. The van der Waals surface area contributed by atoms with Gasteiger partial charge in [0.2, 0.25) is 0 Å². The van der Waals surface area contributed by atoms with Crippen LogP contribution >= 0.6 is 0 Å². The molecule has 0 bridgehead atoms. The molecule has 0 unspecified atom stereocenters. The van der Waals surface area contributed by atoms with E-state index in [4.69, 9.17) is 13.9 Å². The van der Waals surface area contributed by atoms with Crippen LogP contribution in [0.5, 0.6) is 0 Å². The molecule has 6 nitrogen and oxygen atoms in total. The van der Waals surface area contributed by atoms with E-state index in [2.05, 4.69) is 4.98 Å². The number of aryl methyl sites for hydroxylation is 1. The molecule has 0 spiro atoms. The second-order valence-corrected chi connectivity index (χ2v) is 6.65. The Hall–Kier alpha value is -2.18. The van der Waals surface area contributed by atoms with Crippen LogP contribution in [0.15, 0.2) is 41.3 Å². The van der Waals surface area contributed by atoms with E-state index in [0.29, 0.717) is 18.9 Å². The van der Waals surface area contributed by atoms with Crippen LogP contribution in [0.1, 0.15) is 34.5 Å². The minimum atomic E-state index is -0.135. The Bertz CT molecular complexity index is 730. The Morgan fingerprint density at radius 2 is 2.36 bits per heavy atom. The monoisotopic (exact) mass is 342 g/mol. The summed E-state index contributed by atoms with van der Waals surface area (Å²) in [6, 6.07) is 5.73. The maximum atomic E-state index is 12.9. The van der Waals surface area contributed by atoms with Crippen LogP contribution in [-0.4, -0.2) is 47.2 Å². The van der Waals surface area contributed by atoms with E-state index in [1.54, 1.807) is 18.7 Å². The molecule has 25 heavy (non-hydrogen) atoms. The van der Waals surface area contributed by atoms with Crippen molar-refractivity contribution in [3.63, 3.8) is 0 Å². The molecule has 2 aliphatic heterocycles. The van der Waals surface area contributed by atoms with Crippen molar-refractivity contribution < 1.29 is 18.7 Å². The van der Waals surface area contributed by atoms with E-state index in [1.165, 1.54) is 0 Å². The molecule has 2 aromatic rings. The lowest BCUT2D eigenvalue weighted by molar-refractivity contribution is -0.0810. The van der Waals surface area contributed by atoms with E-state index in [1.807, 2.05) is 30.0 Å². The van der Waals surface area contributed by atoms with Crippen LogP contribution in [0.25, 0.3) is 0 Å². The Balaban J connectivity index is 1.49. The minimum absolute atomic E-state index is 0.0460. The van der Waals surface area contributed by atoms with Gasteiger partial charge in [0.05, 0.1) is 25.5 Å². The summed E-state index contributed by atoms with van der Waals surface area (Å²) in [6.45, 7) is 3.59. The van der Waals surface area contributed by atoms with Crippen molar-refractivity contribution in [3.05, 3.63) is 53.7 Å². The molecule has 0 radical (unpaired) electrons. The molecule has 2 aliphatic rings. The van der Waals surface area contributed by atoms with Crippen molar-refractivity contribution in [2.45, 2.75) is 44.6 Å². The Morgan fingerprint density at radius 1 is 1.44 bits per heavy atom. The molecular formula is C19H22N2O4. The number of ether oxygens (including phenoxy) is 2. The van der Waals surface area contributed by atoms with E-state index in [9.17, 15) is 4.79 Å². The van der Waals surface area contributed by atoms with Gasteiger partial charge in [0.25, 0.3) is 5.91 Å². The third kappa shape index (κ3) is 3.19. The first-order valence-electron chi connectivity index (χ1n) is 8.71. The fraction of sp³-hybridized carbons (Fsp3) is 0.474. The first-order valence-corrected chi connectivity index (χ1v) is 8.71. The molecule has 0 aromatic carbocycles. The first kappa shape index (κ1) is 16.3. The summed E-state index contributed by atoms with van der Waals surface area (Å²) in [4.78, 5) is 18.9. The number of hydrogen-bond donors (Lipinski definition) is 0. The van der Waals surface area contributed by atoms with Gasteiger partial charge in [-0.05, 0) is 37.5 Å². The molecule has 3 atom stereocenters. The second-order valence-electron chi connectivity index (χ2n) is 6.65. The lowest BCUT2D eigenvalue weighted by atomic mass is 10.0. The highest BCUT2D eigenvalue weighted by molar-refractivity contribution is 5.93. The van der Waals surface area contributed by atoms with Crippen LogP contribution < -0.4 is 0 Å². The number of likely N-dealkylation sites (tertiary alicyclic amines) is 1. The number of rotatable bonds is 4. The van der Waals surface area contributed by atoms with Crippen molar-refractivity contribution in [1.29, 1.82) is 0 Å². The number of fused-ring (bicyclic) bond motifs is 1. The Kier molecular flexibility index (Phi) is 4.55. The molecule has 0 N–H and O–H groups in total. The largest absolute Gasteiger partial charge is 0.459 e. The zero-order chi connectivity index (χ0) is 17.2. The van der Waals surface area contributed by atoms with Gasteiger partial charge in [-0.3, -0.25) is 9.78 Å². The van der Waals surface area contributed by atoms with Crippen LogP contribution in [0.2, 0.25) is 0 Å². The average Bonchev–Trinajstić information content (AvgIpc) is 3.24. The van der Waals surface area contributed by atoms with Gasteiger partial charge in [-0.25, -0.2) is 0 Å². The summed E-state index contributed by atoms with van der Waals surface area (Å²) < 4.78 is 17.5. The van der Waals surface area contributed by atoms with E-state index in [-0.39, 0.29) is 24.2 Å². The smallest absolute Gasteiger partial charge is 0.290 e. The maximum absolute atomic E-state index is 12.9. The standard InChI is InChI=1S/C19H22N2O4/c1-13-6-9-24-17(13)19(22)21-11-16(18-15(21)5-3-8-23-18)25-12-14-4-2-7-20-10-14/h2,4,6-7,9-10,15-16,18H,3,5,8,11-12H2,1H3/t15-,16-,18+/m0/s1. The van der Waals surface area contributed by atoms with Gasteiger partial charge in [-0.15, -0.1) is 0 Å². The SMILES string of the molecule is Cc1ccoc1C(=O)N1C[C@H](OCc2cccnc2)[C@@H]2OCCC[C@@H]21. The summed E-state index contributed by atoms with van der Waals surface area (Å²) in [5.41, 5.74) is 1.87. The second kappa shape index (κ2) is 6.98. The first-order chi connectivity index (χ1) is 12.2. The molecule has 0 aliphatic carbocycles. The number of furan rings is 1. The number of carbonyl (C=O) groups excluding carboxylic acids is 1. The quantitative estimate of drug-likeness (QED) is 0.854. The zero-order valence-corrected chi connectivity index (χ0v) is 14.3. The fourth-order valence-corrected chi connectivity index (χ4v) is 3.70. The number of carbonyl (C=O) groups is 1. The van der Waals surface area contributed by atoms with Gasteiger partial charge >= 0.3 is 0 Å². The lowest BCUT2D eigenvalue weighted by Crippen LogP contribution is -2.43. The van der Waals surface area contributed by atoms with Gasteiger partial charge in [0.1, 0.15) is 12.2 Å². The van der Waals surface area contributed by atoms with Crippen LogP contribution in [-0.2, 0) is 16.1 Å². The lowest BCUT2D eigenvalue weighted by Gasteiger charge is -2.31. The third-order valence-electron chi connectivity index (χ3n) is 4.98. The highest BCUT2D eigenvalue weighted by Gasteiger charge is 2.47. The maximum Gasteiger partial charge on any atom is 0.290 e. The number of aromatic nitrogens is 1. The number of amides is 1. The summed E-state index contributed by atoms with van der Waals surface area (Å²) in [7, 11) is 0. The van der Waals surface area contributed by atoms with Gasteiger partial charge in [0.15, 0.2) is 5.76 Å². The predicted octanol–water partition coefficient (Wildman–Crippen LogP) is 2.57. The van der Waals surface area contributed by atoms with Crippen LogP contribution in [0.4, 0.5) is 0 Å². The molecule has 0 saturated carbocycles. The predicted molar refractivity (Wildman–Crippen MR) is 90.1 cm³/mol. The van der Waals surface area contributed by atoms with Crippen LogP contribution in [0, 0.1) is 6.92 Å². The highest BCUT2D eigenvalue weighted by atomic mass is 16.5. The fourth-order valence-electron chi connectivity index (χ4n) is 3.70. The van der Waals surface area contributed by atoms with Gasteiger partial charge < -0.3 is 18.8 Å². The number of nitrogens with zero attached hydrogens (tertiary/aromatic N) is 2. The number of pyridine rings is 1. The summed E-state index contributed by atoms with van der Waals surface area (Å²) in [5, 5.41) is 0. The average molecular weight is 342 g/mol. The van der Waals surface area contributed by atoms with Crippen molar-refractivity contribution in [1.82, 2.24) is 9.88 Å². The van der Waals surface area contributed by atoms with Crippen molar-refractivity contribution in [3.8, 4) is 0 Å². The van der Waals surface area contributed by atoms with Crippen molar-refractivity contribution >= 4 is 5.91 Å². The van der Waals surface area contributed by atoms with E-state index >= 15 is 0 Å². The molecule has 1 amide bonds. The molecule has 132 valence electrons. The van der Waals surface area contributed by atoms with Crippen molar-refractivity contribution in [2.75, 3.05) is 13.2 Å². The zero-order valence-electron chi connectivity index (χ0n) is 14.3. The molecule has 2 saturated heterocycles. The van der Waals surface area contributed by atoms with E-state index < -0.39 is 0 Å². The van der Waals surface area contributed by atoms with Crippen LogP contribution in [0.3, 0.4) is 0 Å². The topological polar surface area (TPSA) is 64.8 Å². The Morgan fingerprint density at radius 3 is 3.12 bits per heavy atom. The molecule has 2 aromatic heterocycles. The van der Waals surface area contributed by atoms with Gasteiger partial charge in [-0.1, -0.05) is 6.07 Å². The van der Waals surface area contributed by atoms with Gasteiger partial charge in [-0.2, -0.15) is 0 Å². The molecule has 4 rings (SSSR count). The van der Waals surface area contributed by atoms with Crippen molar-refractivity contribution in [2.24, 2.45) is 0 Å². The minimum Gasteiger partial charge on any atom is -0.459 e. The third-order valence-corrected chi connectivity index (χ3v) is 4.98. The molecule has 2 fully saturated rings. The Labute approximate surface area is 146 Å². The highest BCUT2D eigenvalue weighted by Crippen LogP contribution is 2.32. The summed E-state index contributed by atoms with van der Waals surface area (Å²) >= 11 is 0.